The van der Waals surface area contributed by atoms with Crippen molar-refractivity contribution in [2.24, 2.45) is 10.9 Å². The lowest BCUT2D eigenvalue weighted by Gasteiger charge is -2.41. The molecule has 0 amide bonds. The summed E-state index contributed by atoms with van der Waals surface area (Å²) in [4.78, 5) is 7.05. The molecule has 17 heavy (non-hydrogen) atoms. The Morgan fingerprint density at radius 3 is 2.88 bits per heavy atom. The van der Waals surface area contributed by atoms with E-state index < -0.39 is 0 Å². The van der Waals surface area contributed by atoms with Gasteiger partial charge in [-0.2, -0.15) is 5.26 Å². The van der Waals surface area contributed by atoms with Crippen LogP contribution >= 0.6 is 0 Å². The Labute approximate surface area is 101 Å². The van der Waals surface area contributed by atoms with Gasteiger partial charge in [0.15, 0.2) is 0 Å². The molecule has 1 unspecified atom stereocenters. The predicted molar refractivity (Wildman–Crippen MR) is 66.8 cm³/mol. The van der Waals surface area contributed by atoms with Crippen molar-refractivity contribution < 1.29 is 0 Å². The van der Waals surface area contributed by atoms with Crippen molar-refractivity contribution in [2.45, 2.75) is 19.5 Å². The van der Waals surface area contributed by atoms with Gasteiger partial charge in [0.2, 0.25) is 0 Å². The summed E-state index contributed by atoms with van der Waals surface area (Å²) >= 11 is 0. The van der Waals surface area contributed by atoms with E-state index in [-0.39, 0.29) is 12.1 Å². The van der Waals surface area contributed by atoms with Crippen molar-refractivity contribution >= 4 is 5.71 Å². The molecule has 1 aromatic carbocycles. The van der Waals surface area contributed by atoms with Gasteiger partial charge >= 0.3 is 0 Å². The molecule has 1 atom stereocenters. The molecule has 2 aliphatic rings. The highest BCUT2D eigenvalue weighted by atomic mass is 15.3. The minimum atomic E-state index is 0.211. The van der Waals surface area contributed by atoms with Crippen LogP contribution in [0.4, 0.5) is 0 Å². The summed E-state index contributed by atoms with van der Waals surface area (Å²) in [5, 5.41) is 8.80. The van der Waals surface area contributed by atoms with Crippen LogP contribution in [0.1, 0.15) is 18.1 Å². The molecule has 2 aliphatic heterocycles. The SMILES string of the molecule is CC1=NC(N2CC(C#N)C2)Cc2ccccc21. The van der Waals surface area contributed by atoms with Crippen molar-refractivity contribution in [1.29, 1.82) is 5.26 Å². The summed E-state index contributed by atoms with van der Waals surface area (Å²) in [6.45, 7) is 3.83. The zero-order valence-electron chi connectivity index (χ0n) is 9.93. The summed E-state index contributed by atoms with van der Waals surface area (Å²) in [7, 11) is 0. The molecule has 0 aromatic heterocycles. The van der Waals surface area contributed by atoms with Gasteiger partial charge in [-0.05, 0) is 18.1 Å². The Morgan fingerprint density at radius 1 is 1.35 bits per heavy atom. The van der Waals surface area contributed by atoms with E-state index in [1.807, 2.05) is 0 Å². The van der Waals surface area contributed by atoms with Crippen molar-refractivity contribution in [2.75, 3.05) is 13.1 Å². The molecule has 3 nitrogen and oxygen atoms in total. The lowest BCUT2D eigenvalue weighted by Crippen LogP contribution is -2.52. The number of nitriles is 1. The topological polar surface area (TPSA) is 39.4 Å². The first-order valence-corrected chi connectivity index (χ1v) is 6.04. The quantitative estimate of drug-likeness (QED) is 0.731. The van der Waals surface area contributed by atoms with Crippen LogP contribution in [0.15, 0.2) is 29.3 Å². The second-order valence-corrected chi connectivity index (χ2v) is 4.84. The summed E-state index contributed by atoms with van der Waals surface area (Å²) < 4.78 is 0. The molecule has 3 heteroatoms. The van der Waals surface area contributed by atoms with Gasteiger partial charge in [-0.1, -0.05) is 24.3 Å². The summed E-state index contributed by atoms with van der Waals surface area (Å²) in [6, 6.07) is 10.8. The maximum absolute atomic E-state index is 8.80. The van der Waals surface area contributed by atoms with E-state index in [2.05, 4.69) is 42.2 Å². The first-order valence-electron chi connectivity index (χ1n) is 6.04. The number of rotatable bonds is 1. The average molecular weight is 225 g/mol. The Kier molecular flexibility index (Phi) is 2.45. The molecule has 1 saturated heterocycles. The highest BCUT2D eigenvalue weighted by molar-refractivity contribution is 6.00. The van der Waals surface area contributed by atoms with Crippen molar-refractivity contribution in [3.05, 3.63) is 35.4 Å². The predicted octanol–water partition coefficient (Wildman–Crippen LogP) is 1.83. The number of benzene rings is 1. The van der Waals surface area contributed by atoms with Gasteiger partial charge in [0.05, 0.1) is 12.0 Å². The van der Waals surface area contributed by atoms with Crippen molar-refractivity contribution in [3.63, 3.8) is 0 Å². The van der Waals surface area contributed by atoms with E-state index in [4.69, 9.17) is 10.3 Å². The third-order valence-corrected chi connectivity index (χ3v) is 3.67. The maximum Gasteiger partial charge on any atom is 0.106 e. The number of nitrogens with zero attached hydrogens (tertiary/aromatic N) is 3. The molecule has 1 fully saturated rings. The fourth-order valence-corrected chi connectivity index (χ4v) is 2.64. The highest BCUT2D eigenvalue weighted by Gasteiger charge is 2.33. The van der Waals surface area contributed by atoms with Crippen molar-refractivity contribution in [3.8, 4) is 6.07 Å². The number of aliphatic imine (C=N–C) groups is 1. The van der Waals surface area contributed by atoms with Crippen LogP contribution in [0.3, 0.4) is 0 Å². The zero-order chi connectivity index (χ0) is 11.8. The lowest BCUT2D eigenvalue weighted by atomic mass is 9.93. The van der Waals surface area contributed by atoms with Crippen LogP contribution in [0.25, 0.3) is 0 Å². The molecule has 0 radical (unpaired) electrons. The van der Waals surface area contributed by atoms with Gasteiger partial charge < -0.3 is 0 Å². The van der Waals surface area contributed by atoms with E-state index in [1.54, 1.807) is 0 Å². The molecule has 0 N–H and O–H groups in total. The largest absolute Gasteiger partial charge is 0.279 e. The van der Waals surface area contributed by atoms with Crippen LogP contribution in [-0.2, 0) is 6.42 Å². The molecular weight excluding hydrogens is 210 g/mol. The van der Waals surface area contributed by atoms with Crippen LogP contribution in [-0.4, -0.2) is 29.9 Å². The molecule has 1 aromatic rings. The third-order valence-electron chi connectivity index (χ3n) is 3.67. The molecule has 3 rings (SSSR count). The third kappa shape index (κ3) is 1.75. The maximum atomic E-state index is 8.80. The highest BCUT2D eigenvalue weighted by Crippen LogP contribution is 2.26. The Balaban J connectivity index is 1.80. The number of hydrogen-bond acceptors (Lipinski definition) is 3. The normalized spacial score (nSPS) is 24.5. The number of fused-ring (bicyclic) bond motifs is 1. The summed E-state index contributed by atoms with van der Waals surface area (Å²) in [5.74, 6) is 0.211. The van der Waals surface area contributed by atoms with Gasteiger partial charge in [-0.25, -0.2) is 0 Å². The van der Waals surface area contributed by atoms with E-state index in [0.717, 1.165) is 25.2 Å². The first kappa shape index (κ1) is 10.5. The molecule has 0 spiro atoms. The second kappa shape index (κ2) is 3.97. The molecular formula is C14H15N3. The van der Waals surface area contributed by atoms with E-state index in [0.29, 0.717) is 0 Å². The smallest absolute Gasteiger partial charge is 0.106 e. The van der Waals surface area contributed by atoms with Gasteiger partial charge in [0.25, 0.3) is 0 Å². The van der Waals surface area contributed by atoms with Gasteiger partial charge in [0.1, 0.15) is 6.17 Å². The van der Waals surface area contributed by atoms with Crippen LogP contribution in [0, 0.1) is 17.2 Å². The zero-order valence-corrected chi connectivity index (χ0v) is 9.93. The second-order valence-electron chi connectivity index (χ2n) is 4.84. The first-order chi connectivity index (χ1) is 8.28. The lowest BCUT2D eigenvalue weighted by molar-refractivity contribution is 0.0834. The molecule has 0 aliphatic carbocycles. The fourth-order valence-electron chi connectivity index (χ4n) is 2.64. The Bertz CT molecular complexity index is 506. The van der Waals surface area contributed by atoms with Gasteiger partial charge in [0, 0.05) is 25.2 Å². The van der Waals surface area contributed by atoms with E-state index >= 15 is 0 Å². The molecule has 0 bridgehead atoms. The van der Waals surface area contributed by atoms with Crippen LogP contribution in [0.2, 0.25) is 0 Å². The van der Waals surface area contributed by atoms with E-state index in [1.165, 1.54) is 11.1 Å². The number of likely N-dealkylation sites (tertiary alicyclic amines) is 1. The molecule has 2 heterocycles. The van der Waals surface area contributed by atoms with Gasteiger partial charge in [-0.15, -0.1) is 0 Å². The monoisotopic (exact) mass is 225 g/mol. The molecule has 0 saturated carbocycles. The minimum Gasteiger partial charge on any atom is -0.279 e. The standard InChI is InChI=1S/C14H15N3/c1-10-13-5-3-2-4-12(13)6-14(16-10)17-8-11(7-15)9-17/h2-5,11,14H,6,8-9H2,1H3. The van der Waals surface area contributed by atoms with Crippen LogP contribution < -0.4 is 0 Å². The average Bonchev–Trinajstić information content (AvgIpc) is 2.28. The summed E-state index contributed by atoms with van der Waals surface area (Å²) in [5.41, 5.74) is 3.78. The fraction of sp³-hybridized carbons (Fsp3) is 0.429. The Morgan fingerprint density at radius 2 is 2.12 bits per heavy atom. The summed E-state index contributed by atoms with van der Waals surface area (Å²) in [6.07, 6.45) is 1.22. The van der Waals surface area contributed by atoms with Gasteiger partial charge in [-0.3, -0.25) is 9.89 Å². The van der Waals surface area contributed by atoms with Crippen molar-refractivity contribution in [1.82, 2.24) is 4.90 Å². The van der Waals surface area contributed by atoms with E-state index in [9.17, 15) is 0 Å². The number of hydrogen-bond donors (Lipinski definition) is 0. The minimum absolute atomic E-state index is 0.211. The van der Waals surface area contributed by atoms with Crippen LogP contribution in [0.5, 0.6) is 0 Å². The molecule has 86 valence electrons. The Hall–Kier alpha value is -1.66.